The van der Waals surface area contributed by atoms with Gasteiger partial charge in [0.15, 0.2) is 0 Å². The van der Waals surface area contributed by atoms with Crippen LogP contribution in [0.15, 0.2) is 30.3 Å². The summed E-state index contributed by atoms with van der Waals surface area (Å²) in [6.45, 7) is 11.9. The predicted octanol–water partition coefficient (Wildman–Crippen LogP) is 4.39. The maximum absolute atomic E-state index is 5.95. The van der Waals surface area contributed by atoms with E-state index < -0.39 is 0 Å². The molecule has 0 N–H and O–H groups in total. The van der Waals surface area contributed by atoms with Gasteiger partial charge in [0.25, 0.3) is 0 Å². The summed E-state index contributed by atoms with van der Waals surface area (Å²) in [5.74, 6) is 0. The molecule has 1 aliphatic rings. The van der Waals surface area contributed by atoms with Crippen LogP contribution in [0.3, 0.4) is 0 Å². The Labute approximate surface area is 160 Å². The second-order valence-corrected chi connectivity index (χ2v) is 7.83. The van der Waals surface area contributed by atoms with Gasteiger partial charge < -0.3 is 9.31 Å². The maximum atomic E-state index is 5.95. The first kappa shape index (κ1) is 20.2. The monoisotopic (exact) mass is 380 g/mol. The van der Waals surface area contributed by atoms with Crippen molar-refractivity contribution in [3.63, 3.8) is 0 Å². The quantitative estimate of drug-likeness (QED) is 0.543. The number of hydrogen-bond donors (Lipinski definition) is 0. The highest BCUT2D eigenvalue weighted by Crippen LogP contribution is 2.36. The van der Waals surface area contributed by atoms with Gasteiger partial charge in [0.2, 0.25) is 0 Å². The first-order valence-corrected chi connectivity index (χ1v) is 8.85. The average molecular weight is 381 g/mol. The van der Waals surface area contributed by atoms with Crippen LogP contribution in [0.5, 0.6) is 0 Å². The molecule has 0 unspecified atom stereocenters. The summed E-state index contributed by atoms with van der Waals surface area (Å²) >= 11 is 11.5. The van der Waals surface area contributed by atoms with E-state index in [4.69, 9.17) is 32.5 Å². The lowest BCUT2D eigenvalue weighted by molar-refractivity contribution is 0.00578. The third-order valence-electron chi connectivity index (χ3n) is 4.32. The lowest BCUT2D eigenvalue weighted by Gasteiger charge is -2.32. The van der Waals surface area contributed by atoms with Gasteiger partial charge in [-0.2, -0.15) is 0 Å². The third kappa shape index (κ3) is 5.17. The van der Waals surface area contributed by atoms with Crippen LogP contribution in [0.2, 0.25) is 10.3 Å². The van der Waals surface area contributed by atoms with E-state index in [1.54, 1.807) is 12.1 Å². The molecule has 0 saturated carbocycles. The van der Waals surface area contributed by atoms with Crippen LogP contribution in [0.25, 0.3) is 0 Å². The smallest absolute Gasteiger partial charge is 0.399 e. The van der Waals surface area contributed by atoms with Gasteiger partial charge >= 0.3 is 7.12 Å². The Hall–Kier alpha value is -1.14. The minimum Gasteiger partial charge on any atom is -0.399 e. The van der Waals surface area contributed by atoms with E-state index in [-0.39, 0.29) is 18.3 Å². The first-order chi connectivity index (χ1) is 11.5. The molecule has 4 nitrogen and oxygen atoms in total. The van der Waals surface area contributed by atoms with Gasteiger partial charge in [0, 0.05) is 11.4 Å². The van der Waals surface area contributed by atoms with Gasteiger partial charge in [-0.05, 0) is 71.3 Å². The number of hydrogen-bond acceptors (Lipinski definition) is 4. The highest BCUT2D eigenvalue weighted by molar-refractivity contribution is 6.62. The largest absolute Gasteiger partial charge is 0.495 e. The lowest BCUT2D eigenvalue weighted by atomic mass is 9.79. The van der Waals surface area contributed by atoms with Crippen molar-refractivity contribution in [2.45, 2.75) is 52.7 Å². The molecule has 2 aromatic heterocycles. The van der Waals surface area contributed by atoms with Crippen LogP contribution < -0.4 is 5.46 Å². The minimum absolute atomic E-state index is 0.332. The molecule has 134 valence electrons. The van der Waals surface area contributed by atoms with Crippen molar-refractivity contribution in [3.05, 3.63) is 52.0 Å². The lowest BCUT2D eigenvalue weighted by Crippen LogP contribution is -2.41. The van der Waals surface area contributed by atoms with E-state index in [0.29, 0.717) is 10.3 Å². The van der Waals surface area contributed by atoms with Crippen molar-refractivity contribution in [1.29, 1.82) is 0 Å². The minimum atomic E-state index is -0.376. The van der Waals surface area contributed by atoms with Gasteiger partial charge in [-0.25, -0.2) is 9.97 Å². The standard InChI is InChI=1S/C12H17BClNO2.C6H6ClN/c1-8-6-9(7-10(14)15-8)13-16-11(2,3)12(4,5)17-13;1-5-3-2-4-6(7)8-5/h6-7H,1-5H3;2-4H,1H3. The van der Waals surface area contributed by atoms with Crippen molar-refractivity contribution in [2.75, 3.05) is 0 Å². The molecule has 25 heavy (non-hydrogen) atoms. The van der Waals surface area contributed by atoms with Crippen LogP contribution in [0.4, 0.5) is 0 Å². The fourth-order valence-corrected chi connectivity index (χ4v) is 2.74. The van der Waals surface area contributed by atoms with Crippen molar-refractivity contribution in [1.82, 2.24) is 9.97 Å². The fraction of sp³-hybridized carbons (Fsp3) is 0.444. The zero-order valence-corrected chi connectivity index (χ0v) is 16.9. The van der Waals surface area contributed by atoms with Crippen molar-refractivity contribution in [2.24, 2.45) is 0 Å². The number of rotatable bonds is 1. The third-order valence-corrected chi connectivity index (χ3v) is 4.73. The molecular formula is C18H23BCl2N2O2. The normalized spacial score (nSPS) is 17.8. The second kappa shape index (κ2) is 7.62. The molecule has 2 aromatic rings. The number of aryl methyl sites for hydroxylation is 2. The summed E-state index contributed by atoms with van der Waals surface area (Å²) in [7, 11) is -0.376. The predicted molar refractivity (Wildman–Crippen MR) is 104 cm³/mol. The Bertz CT molecular complexity index is 700. The van der Waals surface area contributed by atoms with E-state index in [2.05, 4.69) is 9.97 Å². The molecule has 0 amide bonds. The van der Waals surface area contributed by atoms with Crippen LogP contribution in [0.1, 0.15) is 39.1 Å². The van der Waals surface area contributed by atoms with E-state index in [9.17, 15) is 0 Å². The highest BCUT2D eigenvalue weighted by Gasteiger charge is 2.51. The van der Waals surface area contributed by atoms with E-state index in [0.717, 1.165) is 16.9 Å². The molecule has 3 heterocycles. The van der Waals surface area contributed by atoms with Crippen LogP contribution in [-0.2, 0) is 9.31 Å². The molecule has 1 aliphatic heterocycles. The first-order valence-electron chi connectivity index (χ1n) is 8.09. The molecule has 1 saturated heterocycles. The Morgan fingerprint density at radius 3 is 1.84 bits per heavy atom. The zero-order valence-electron chi connectivity index (χ0n) is 15.4. The Kier molecular flexibility index (Phi) is 6.15. The van der Waals surface area contributed by atoms with Crippen LogP contribution >= 0.6 is 23.2 Å². The Morgan fingerprint density at radius 2 is 1.40 bits per heavy atom. The molecule has 0 aliphatic carbocycles. The summed E-state index contributed by atoms with van der Waals surface area (Å²) in [5, 5.41) is 1.03. The summed E-state index contributed by atoms with van der Waals surface area (Å²) in [5.41, 5.74) is 2.07. The molecule has 0 aromatic carbocycles. The molecule has 0 atom stereocenters. The number of halogens is 2. The molecule has 0 radical (unpaired) electrons. The summed E-state index contributed by atoms with van der Waals surface area (Å²) in [6.07, 6.45) is 0. The van der Waals surface area contributed by atoms with Crippen LogP contribution in [-0.4, -0.2) is 28.3 Å². The summed E-state index contributed by atoms with van der Waals surface area (Å²) < 4.78 is 11.9. The highest BCUT2D eigenvalue weighted by atomic mass is 35.5. The molecule has 7 heteroatoms. The van der Waals surface area contributed by atoms with Crippen molar-refractivity contribution in [3.8, 4) is 0 Å². The number of aromatic nitrogens is 2. The molecule has 0 spiro atoms. The number of pyridine rings is 2. The zero-order chi connectivity index (χ0) is 18.8. The van der Waals surface area contributed by atoms with E-state index in [1.807, 2.05) is 59.7 Å². The van der Waals surface area contributed by atoms with Crippen molar-refractivity contribution < 1.29 is 9.31 Å². The maximum Gasteiger partial charge on any atom is 0.495 e. The van der Waals surface area contributed by atoms with Gasteiger partial charge in [-0.15, -0.1) is 0 Å². The fourth-order valence-electron chi connectivity index (χ4n) is 2.28. The topological polar surface area (TPSA) is 44.2 Å². The molecule has 1 fully saturated rings. The van der Waals surface area contributed by atoms with Gasteiger partial charge in [0.05, 0.1) is 11.2 Å². The van der Waals surface area contributed by atoms with Crippen molar-refractivity contribution >= 4 is 35.8 Å². The average Bonchev–Trinajstić information content (AvgIpc) is 2.67. The van der Waals surface area contributed by atoms with E-state index >= 15 is 0 Å². The van der Waals surface area contributed by atoms with E-state index in [1.165, 1.54) is 0 Å². The Morgan fingerprint density at radius 1 is 0.840 bits per heavy atom. The molecular weight excluding hydrogens is 358 g/mol. The molecule has 3 rings (SSSR count). The Balaban J connectivity index is 0.000000236. The SMILES string of the molecule is Cc1cc(B2OC(C)(C)C(C)(C)O2)cc(Cl)n1.Cc1cccc(Cl)n1. The van der Waals surface area contributed by atoms with Gasteiger partial charge in [-0.1, -0.05) is 29.3 Å². The van der Waals surface area contributed by atoms with Gasteiger partial charge in [0.1, 0.15) is 10.3 Å². The number of nitrogens with zero attached hydrogens (tertiary/aromatic N) is 2. The summed E-state index contributed by atoms with van der Waals surface area (Å²) in [6, 6.07) is 9.27. The van der Waals surface area contributed by atoms with Crippen LogP contribution in [0, 0.1) is 13.8 Å². The van der Waals surface area contributed by atoms with Gasteiger partial charge in [-0.3, -0.25) is 0 Å². The second-order valence-electron chi connectivity index (χ2n) is 7.05. The molecule has 0 bridgehead atoms. The summed E-state index contributed by atoms with van der Waals surface area (Å²) in [4.78, 5) is 8.07.